The predicted octanol–water partition coefficient (Wildman–Crippen LogP) is 3.10. The van der Waals surface area contributed by atoms with Gasteiger partial charge in [0, 0.05) is 42.8 Å². The minimum Gasteiger partial charge on any atom is -0.351 e. The van der Waals surface area contributed by atoms with E-state index in [1.54, 1.807) is 18.6 Å². The van der Waals surface area contributed by atoms with Gasteiger partial charge in [0.15, 0.2) is 0 Å². The molecule has 5 rings (SSSR count). The normalized spacial score (nSPS) is 17.0. The third-order valence-corrected chi connectivity index (χ3v) is 5.29. The Morgan fingerprint density at radius 2 is 2.21 bits per heavy atom. The van der Waals surface area contributed by atoms with E-state index in [1.807, 2.05) is 35.2 Å². The molecular formula is C21H20N6O2. The van der Waals surface area contributed by atoms with Crippen LogP contribution in [0.1, 0.15) is 29.2 Å². The SMILES string of the molecule is O=C(c1cc2ccccc2[nH]1)N1CCCC(Cc2nc(-c3cnccn3)no2)C1. The summed E-state index contributed by atoms with van der Waals surface area (Å²) in [5.41, 5.74) is 2.20. The summed E-state index contributed by atoms with van der Waals surface area (Å²) in [7, 11) is 0. The lowest BCUT2D eigenvalue weighted by Gasteiger charge is -2.31. The van der Waals surface area contributed by atoms with Crippen molar-refractivity contribution in [2.45, 2.75) is 19.3 Å². The highest BCUT2D eigenvalue weighted by Gasteiger charge is 2.27. The number of rotatable bonds is 4. The summed E-state index contributed by atoms with van der Waals surface area (Å²) in [6.45, 7) is 1.44. The summed E-state index contributed by atoms with van der Waals surface area (Å²) in [5, 5.41) is 5.05. The predicted molar refractivity (Wildman–Crippen MR) is 106 cm³/mol. The summed E-state index contributed by atoms with van der Waals surface area (Å²) in [6.07, 6.45) is 7.44. The number of H-pyrrole nitrogens is 1. The second kappa shape index (κ2) is 7.46. The Morgan fingerprint density at radius 1 is 1.28 bits per heavy atom. The number of nitrogens with one attached hydrogen (secondary N) is 1. The maximum absolute atomic E-state index is 13.0. The van der Waals surface area contributed by atoms with Crippen LogP contribution in [0.4, 0.5) is 0 Å². The van der Waals surface area contributed by atoms with Crippen molar-refractivity contribution in [2.24, 2.45) is 5.92 Å². The number of aromatic nitrogens is 5. The molecule has 146 valence electrons. The van der Waals surface area contributed by atoms with Crippen LogP contribution in [0.5, 0.6) is 0 Å². The van der Waals surface area contributed by atoms with Crippen LogP contribution in [0.15, 0.2) is 53.4 Å². The number of carbonyl (C=O) groups excluding carboxylic acids is 1. The zero-order valence-electron chi connectivity index (χ0n) is 15.8. The van der Waals surface area contributed by atoms with Crippen molar-refractivity contribution in [3.05, 3.63) is 60.5 Å². The van der Waals surface area contributed by atoms with Gasteiger partial charge in [-0.3, -0.25) is 9.78 Å². The number of hydrogen-bond donors (Lipinski definition) is 1. The average molecular weight is 388 g/mol. The van der Waals surface area contributed by atoms with Gasteiger partial charge < -0.3 is 14.4 Å². The molecule has 1 aliphatic rings. The van der Waals surface area contributed by atoms with Gasteiger partial charge in [-0.1, -0.05) is 23.4 Å². The van der Waals surface area contributed by atoms with E-state index >= 15 is 0 Å². The first-order valence-corrected chi connectivity index (χ1v) is 9.72. The lowest BCUT2D eigenvalue weighted by molar-refractivity contribution is 0.0663. The van der Waals surface area contributed by atoms with Crippen molar-refractivity contribution >= 4 is 16.8 Å². The third kappa shape index (κ3) is 3.61. The summed E-state index contributed by atoms with van der Waals surface area (Å²) in [5.74, 6) is 1.33. The minimum absolute atomic E-state index is 0.0386. The molecule has 0 aliphatic carbocycles. The van der Waals surface area contributed by atoms with E-state index in [9.17, 15) is 4.79 Å². The lowest BCUT2D eigenvalue weighted by Crippen LogP contribution is -2.40. The second-order valence-corrected chi connectivity index (χ2v) is 7.34. The van der Waals surface area contributed by atoms with E-state index < -0.39 is 0 Å². The molecule has 29 heavy (non-hydrogen) atoms. The largest absolute Gasteiger partial charge is 0.351 e. The van der Waals surface area contributed by atoms with E-state index in [0.717, 1.165) is 30.3 Å². The van der Waals surface area contributed by atoms with Gasteiger partial charge in [0.2, 0.25) is 11.7 Å². The summed E-state index contributed by atoms with van der Waals surface area (Å²) in [6, 6.07) is 9.85. The van der Waals surface area contributed by atoms with Crippen LogP contribution in [-0.4, -0.2) is 49.0 Å². The highest BCUT2D eigenvalue weighted by molar-refractivity contribution is 5.98. The van der Waals surface area contributed by atoms with Gasteiger partial charge in [-0.25, -0.2) is 4.98 Å². The van der Waals surface area contributed by atoms with Crippen LogP contribution < -0.4 is 0 Å². The van der Waals surface area contributed by atoms with Gasteiger partial charge in [0.1, 0.15) is 11.4 Å². The first-order chi connectivity index (χ1) is 14.3. The lowest BCUT2D eigenvalue weighted by atomic mass is 9.94. The molecular weight excluding hydrogens is 368 g/mol. The Hall–Kier alpha value is -3.55. The van der Waals surface area contributed by atoms with Gasteiger partial charge in [-0.15, -0.1) is 0 Å². The monoisotopic (exact) mass is 388 g/mol. The van der Waals surface area contributed by atoms with Gasteiger partial charge in [0.05, 0.1) is 6.20 Å². The molecule has 4 heterocycles. The molecule has 8 heteroatoms. The molecule has 1 N–H and O–H groups in total. The zero-order valence-corrected chi connectivity index (χ0v) is 15.8. The number of piperidine rings is 1. The van der Waals surface area contributed by atoms with Crippen LogP contribution in [0.2, 0.25) is 0 Å². The molecule has 3 aromatic heterocycles. The number of benzene rings is 1. The quantitative estimate of drug-likeness (QED) is 0.576. The van der Waals surface area contributed by atoms with Crippen molar-refractivity contribution in [1.29, 1.82) is 0 Å². The minimum atomic E-state index is 0.0386. The number of para-hydroxylation sites is 1. The number of amides is 1. The summed E-state index contributed by atoms with van der Waals surface area (Å²) >= 11 is 0. The number of hydrogen-bond acceptors (Lipinski definition) is 6. The fourth-order valence-corrected chi connectivity index (χ4v) is 3.88. The highest BCUT2D eigenvalue weighted by atomic mass is 16.5. The van der Waals surface area contributed by atoms with E-state index in [4.69, 9.17) is 4.52 Å². The molecule has 0 radical (unpaired) electrons. The van der Waals surface area contributed by atoms with E-state index in [-0.39, 0.29) is 11.8 Å². The second-order valence-electron chi connectivity index (χ2n) is 7.34. The molecule has 0 spiro atoms. The molecule has 1 saturated heterocycles. The highest BCUT2D eigenvalue weighted by Crippen LogP contribution is 2.24. The molecule has 8 nitrogen and oxygen atoms in total. The zero-order chi connectivity index (χ0) is 19.6. The Morgan fingerprint density at radius 3 is 3.07 bits per heavy atom. The van der Waals surface area contributed by atoms with Crippen LogP contribution in [0, 0.1) is 5.92 Å². The maximum Gasteiger partial charge on any atom is 0.270 e. The number of nitrogens with zero attached hydrogens (tertiary/aromatic N) is 5. The Bertz CT molecular complexity index is 1100. The van der Waals surface area contributed by atoms with Crippen LogP contribution in [-0.2, 0) is 6.42 Å². The van der Waals surface area contributed by atoms with E-state index in [1.165, 1.54) is 0 Å². The molecule has 1 aromatic carbocycles. The van der Waals surface area contributed by atoms with Gasteiger partial charge in [-0.05, 0) is 30.9 Å². The number of carbonyl (C=O) groups is 1. The molecule has 1 amide bonds. The Labute approximate surface area is 167 Å². The number of likely N-dealkylation sites (tertiary alicyclic amines) is 1. The third-order valence-electron chi connectivity index (χ3n) is 5.29. The van der Waals surface area contributed by atoms with Gasteiger partial charge in [0.25, 0.3) is 5.91 Å². The van der Waals surface area contributed by atoms with Crippen molar-refractivity contribution in [2.75, 3.05) is 13.1 Å². The number of aromatic amines is 1. The molecule has 4 aromatic rings. The smallest absolute Gasteiger partial charge is 0.270 e. The van der Waals surface area contributed by atoms with Crippen molar-refractivity contribution in [1.82, 2.24) is 30.0 Å². The first kappa shape index (κ1) is 17.5. The van der Waals surface area contributed by atoms with Gasteiger partial charge in [-0.2, -0.15) is 4.98 Å². The van der Waals surface area contributed by atoms with Crippen molar-refractivity contribution in [3.63, 3.8) is 0 Å². The summed E-state index contributed by atoms with van der Waals surface area (Å²) in [4.78, 5) is 30.8. The Balaban J connectivity index is 1.27. The average Bonchev–Trinajstić information content (AvgIpc) is 3.41. The fourth-order valence-electron chi connectivity index (χ4n) is 3.88. The Kier molecular flexibility index (Phi) is 4.51. The van der Waals surface area contributed by atoms with E-state index in [2.05, 4.69) is 25.1 Å². The van der Waals surface area contributed by atoms with Crippen LogP contribution in [0.25, 0.3) is 22.4 Å². The van der Waals surface area contributed by atoms with Crippen LogP contribution in [0.3, 0.4) is 0 Å². The fraction of sp³-hybridized carbons (Fsp3) is 0.286. The molecule has 0 saturated carbocycles. The van der Waals surface area contributed by atoms with Gasteiger partial charge >= 0.3 is 0 Å². The van der Waals surface area contributed by atoms with Crippen LogP contribution >= 0.6 is 0 Å². The molecule has 0 bridgehead atoms. The van der Waals surface area contributed by atoms with Crippen molar-refractivity contribution < 1.29 is 9.32 Å². The molecule has 1 fully saturated rings. The summed E-state index contributed by atoms with van der Waals surface area (Å²) < 4.78 is 5.40. The number of fused-ring (bicyclic) bond motifs is 1. The first-order valence-electron chi connectivity index (χ1n) is 9.72. The molecule has 1 unspecified atom stereocenters. The topological polar surface area (TPSA) is 101 Å². The maximum atomic E-state index is 13.0. The molecule has 1 atom stereocenters. The standard InChI is InChI=1S/C21H20N6O2/c28-21(17-11-15-5-1-2-6-16(15)24-17)27-9-3-4-14(13-27)10-19-25-20(26-29-19)18-12-22-7-8-23-18/h1-2,5-8,11-12,14,24H,3-4,9-10,13H2. The van der Waals surface area contributed by atoms with E-state index in [0.29, 0.717) is 36.1 Å². The van der Waals surface area contributed by atoms with Crippen molar-refractivity contribution in [3.8, 4) is 11.5 Å². The molecule has 1 aliphatic heterocycles.